The Bertz CT molecular complexity index is 446. The molecular formula is C11H15BrN2O2. The molecule has 0 unspecified atom stereocenters. The Morgan fingerprint density at radius 1 is 1.50 bits per heavy atom. The standard InChI is InChI=1S/C11H15BrN2O2/c1-11(2,3)13-9(15)7-14-6-4-5-8(12)10(14)16/h4-6H,7H2,1-3H3,(H,13,15). The highest BCUT2D eigenvalue weighted by molar-refractivity contribution is 9.10. The molecule has 0 radical (unpaired) electrons. The summed E-state index contributed by atoms with van der Waals surface area (Å²) in [4.78, 5) is 23.2. The SMILES string of the molecule is CC(C)(C)NC(=O)Cn1cccc(Br)c1=O. The van der Waals surface area contributed by atoms with Crippen molar-refractivity contribution in [3.8, 4) is 0 Å². The lowest BCUT2D eigenvalue weighted by molar-refractivity contribution is -0.123. The average Bonchev–Trinajstić information content (AvgIpc) is 2.09. The van der Waals surface area contributed by atoms with Gasteiger partial charge in [-0.3, -0.25) is 9.59 Å². The van der Waals surface area contributed by atoms with E-state index in [1.54, 1.807) is 18.3 Å². The highest BCUT2D eigenvalue weighted by atomic mass is 79.9. The van der Waals surface area contributed by atoms with Gasteiger partial charge in [0.2, 0.25) is 5.91 Å². The van der Waals surface area contributed by atoms with Crippen LogP contribution >= 0.6 is 15.9 Å². The van der Waals surface area contributed by atoms with Gasteiger partial charge in [0, 0.05) is 11.7 Å². The van der Waals surface area contributed by atoms with E-state index in [-0.39, 0.29) is 23.6 Å². The van der Waals surface area contributed by atoms with Crippen LogP contribution in [0.4, 0.5) is 0 Å². The molecular weight excluding hydrogens is 272 g/mol. The minimum Gasteiger partial charge on any atom is -0.350 e. The van der Waals surface area contributed by atoms with Crippen LogP contribution in [0, 0.1) is 0 Å². The van der Waals surface area contributed by atoms with Crippen molar-refractivity contribution >= 4 is 21.8 Å². The van der Waals surface area contributed by atoms with Gasteiger partial charge in [0.1, 0.15) is 6.54 Å². The fraction of sp³-hybridized carbons (Fsp3) is 0.455. The van der Waals surface area contributed by atoms with Crippen LogP contribution in [-0.4, -0.2) is 16.0 Å². The number of aromatic nitrogens is 1. The van der Waals surface area contributed by atoms with E-state index in [4.69, 9.17) is 0 Å². The third-order valence-electron chi connectivity index (χ3n) is 1.80. The van der Waals surface area contributed by atoms with Crippen molar-refractivity contribution in [3.63, 3.8) is 0 Å². The van der Waals surface area contributed by atoms with Crippen LogP contribution < -0.4 is 10.9 Å². The molecule has 88 valence electrons. The van der Waals surface area contributed by atoms with Crippen LogP contribution in [0.1, 0.15) is 20.8 Å². The van der Waals surface area contributed by atoms with Crippen LogP contribution in [0.3, 0.4) is 0 Å². The van der Waals surface area contributed by atoms with Gasteiger partial charge in [-0.2, -0.15) is 0 Å². The third kappa shape index (κ3) is 3.81. The van der Waals surface area contributed by atoms with Crippen LogP contribution in [0.15, 0.2) is 27.6 Å². The van der Waals surface area contributed by atoms with E-state index < -0.39 is 0 Å². The van der Waals surface area contributed by atoms with Gasteiger partial charge in [-0.15, -0.1) is 0 Å². The molecule has 0 atom stereocenters. The Morgan fingerprint density at radius 2 is 2.12 bits per heavy atom. The molecule has 0 fully saturated rings. The maximum Gasteiger partial charge on any atom is 0.265 e. The summed E-state index contributed by atoms with van der Waals surface area (Å²) >= 11 is 3.13. The van der Waals surface area contributed by atoms with E-state index in [9.17, 15) is 9.59 Å². The molecule has 0 aromatic carbocycles. The Labute approximate surface area is 103 Å². The number of pyridine rings is 1. The molecule has 0 spiro atoms. The number of rotatable bonds is 2. The zero-order valence-corrected chi connectivity index (χ0v) is 11.2. The monoisotopic (exact) mass is 286 g/mol. The van der Waals surface area contributed by atoms with Crippen LogP contribution in [-0.2, 0) is 11.3 Å². The lowest BCUT2D eigenvalue weighted by atomic mass is 10.1. The van der Waals surface area contributed by atoms with E-state index in [2.05, 4.69) is 21.2 Å². The van der Waals surface area contributed by atoms with Gasteiger partial charge in [-0.05, 0) is 48.8 Å². The number of hydrogen-bond acceptors (Lipinski definition) is 2. The number of carbonyl (C=O) groups excluding carboxylic acids is 1. The van der Waals surface area contributed by atoms with Crippen molar-refractivity contribution in [1.29, 1.82) is 0 Å². The summed E-state index contributed by atoms with van der Waals surface area (Å²) in [6.45, 7) is 5.73. The highest BCUT2D eigenvalue weighted by Gasteiger charge is 2.14. The smallest absolute Gasteiger partial charge is 0.265 e. The lowest BCUT2D eigenvalue weighted by Gasteiger charge is -2.20. The van der Waals surface area contributed by atoms with Gasteiger partial charge in [0.15, 0.2) is 0 Å². The molecule has 0 bridgehead atoms. The van der Waals surface area contributed by atoms with E-state index >= 15 is 0 Å². The maximum atomic E-state index is 11.6. The summed E-state index contributed by atoms with van der Waals surface area (Å²) in [5, 5.41) is 2.80. The number of nitrogens with one attached hydrogen (secondary N) is 1. The van der Waals surface area contributed by atoms with Crippen molar-refractivity contribution in [3.05, 3.63) is 33.2 Å². The normalized spacial score (nSPS) is 11.2. The number of carbonyl (C=O) groups is 1. The first-order valence-corrected chi connectivity index (χ1v) is 5.75. The molecule has 1 rings (SSSR count). The van der Waals surface area contributed by atoms with Gasteiger partial charge in [-0.1, -0.05) is 0 Å². The Balaban J connectivity index is 2.78. The summed E-state index contributed by atoms with van der Waals surface area (Å²) in [6.07, 6.45) is 1.59. The second kappa shape index (κ2) is 4.82. The van der Waals surface area contributed by atoms with Crippen LogP contribution in [0.25, 0.3) is 0 Å². The second-order valence-corrected chi connectivity index (χ2v) is 5.44. The molecule has 0 aliphatic rings. The lowest BCUT2D eigenvalue weighted by Crippen LogP contribution is -2.43. The summed E-state index contributed by atoms with van der Waals surface area (Å²) in [5.41, 5.74) is -0.487. The number of hydrogen-bond donors (Lipinski definition) is 1. The van der Waals surface area contributed by atoms with Crippen LogP contribution in [0.2, 0.25) is 0 Å². The fourth-order valence-corrected chi connectivity index (χ4v) is 1.62. The first-order chi connectivity index (χ1) is 7.29. The van der Waals surface area contributed by atoms with Crippen molar-refractivity contribution in [1.82, 2.24) is 9.88 Å². The topological polar surface area (TPSA) is 51.1 Å². The highest BCUT2D eigenvalue weighted by Crippen LogP contribution is 2.01. The van der Waals surface area contributed by atoms with Crippen molar-refractivity contribution in [2.24, 2.45) is 0 Å². The first-order valence-electron chi connectivity index (χ1n) is 4.95. The summed E-state index contributed by atoms with van der Waals surface area (Å²) in [6, 6.07) is 3.37. The summed E-state index contributed by atoms with van der Waals surface area (Å²) in [7, 11) is 0. The molecule has 1 aromatic heterocycles. The Kier molecular flexibility index (Phi) is 3.91. The third-order valence-corrected chi connectivity index (χ3v) is 2.41. The Hall–Kier alpha value is -1.10. The number of halogens is 1. The molecule has 16 heavy (non-hydrogen) atoms. The van der Waals surface area contributed by atoms with Gasteiger partial charge in [0.05, 0.1) is 4.47 Å². The molecule has 1 heterocycles. The molecule has 0 aliphatic carbocycles. The average molecular weight is 287 g/mol. The maximum absolute atomic E-state index is 11.6. The minimum absolute atomic E-state index is 0.0372. The predicted octanol–water partition coefficient (Wildman–Crippen LogP) is 1.53. The van der Waals surface area contributed by atoms with Crippen LogP contribution in [0.5, 0.6) is 0 Å². The van der Waals surface area contributed by atoms with Gasteiger partial charge in [0.25, 0.3) is 5.56 Å². The molecule has 1 N–H and O–H groups in total. The van der Waals surface area contributed by atoms with Gasteiger partial charge < -0.3 is 9.88 Å². The van der Waals surface area contributed by atoms with Gasteiger partial charge >= 0.3 is 0 Å². The zero-order chi connectivity index (χ0) is 12.3. The quantitative estimate of drug-likeness (QED) is 0.896. The second-order valence-electron chi connectivity index (χ2n) is 4.59. The molecule has 4 nitrogen and oxygen atoms in total. The van der Waals surface area contributed by atoms with E-state index in [1.165, 1.54) is 4.57 Å². The van der Waals surface area contributed by atoms with Crippen molar-refractivity contribution < 1.29 is 4.79 Å². The minimum atomic E-state index is -0.285. The molecule has 0 saturated heterocycles. The number of amides is 1. The van der Waals surface area contributed by atoms with Gasteiger partial charge in [-0.25, -0.2) is 0 Å². The van der Waals surface area contributed by atoms with E-state index in [1.807, 2.05) is 20.8 Å². The fourth-order valence-electron chi connectivity index (χ4n) is 1.24. The molecule has 0 saturated carbocycles. The number of nitrogens with zero attached hydrogens (tertiary/aromatic N) is 1. The predicted molar refractivity (Wildman–Crippen MR) is 66.3 cm³/mol. The summed E-state index contributed by atoms with van der Waals surface area (Å²) in [5.74, 6) is -0.173. The van der Waals surface area contributed by atoms with E-state index in [0.717, 1.165) is 0 Å². The molecule has 1 amide bonds. The molecule has 0 aliphatic heterocycles. The Morgan fingerprint density at radius 3 is 2.69 bits per heavy atom. The zero-order valence-electron chi connectivity index (χ0n) is 9.58. The summed E-state index contributed by atoms with van der Waals surface area (Å²) < 4.78 is 1.82. The van der Waals surface area contributed by atoms with E-state index in [0.29, 0.717) is 4.47 Å². The van der Waals surface area contributed by atoms with Crippen molar-refractivity contribution in [2.75, 3.05) is 0 Å². The largest absolute Gasteiger partial charge is 0.350 e. The molecule has 1 aromatic rings. The van der Waals surface area contributed by atoms with Crippen molar-refractivity contribution in [2.45, 2.75) is 32.9 Å². The first kappa shape index (κ1) is 13.0. The molecule has 5 heteroatoms.